The second-order valence-electron chi connectivity index (χ2n) is 5.76. The number of nitrogens with one attached hydrogen (secondary N) is 1. The predicted molar refractivity (Wildman–Crippen MR) is 89.6 cm³/mol. The first-order chi connectivity index (χ1) is 9.50. The van der Waals surface area contributed by atoms with Gasteiger partial charge in [0.1, 0.15) is 5.01 Å². The second-order valence-corrected chi connectivity index (χ2v) is 7.98. The average molecular weight is 307 g/mol. The summed E-state index contributed by atoms with van der Waals surface area (Å²) in [7, 11) is 1.99. The third-order valence-electron chi connectivity index (χ3n) is 2.89. The Balaban J connectivity index is 2.12. The molecule has 0 aliphatic rings. The van der Waals surface area contributed by atoms with Crippen molar-refractivity contribution in [2.24, 2.45) is 0 Å². The van der Waals surface area contributed by atoms with E-state index in [4.69, 9.17) is 4.98 Å². The molecule has 0 radical (unpaired) electrons. The molecule has 2 rings (SSSR count). The Morgan fingerprint density at radius 2 is 1.90 bits per heavy atom. The highest BCUT2D eigenvalue weighted by Crippen LogP contribution is 2.32. The minimum absolute atomic E-state index is 0.109. The van der Waals surface area contributed by atoms with E-state index >= 15 is 0 Å². The van der Waals surface area contributed by atoms with Crippen LogP contribution in [0.4, 0.5) is 0 Å². The van der Waals surface area contributed by atoms with Crippen molar-refractivity contribution in [3.05, 3.63) is 45.9 Å². The van der Waals surface area contributed by atoms with Crippen LogP contribution >= 0.6 is 23.1 Å². The molecule has 0 unspecified atom stereocenters. The van der Waals surface area contributed by atoms with E-state index in [1.54, 1.807) is 0 Å². The van der Waals surface area contributed by atoms with Crippen LogP contribution in [-0.4, -0.2) is 12.0 Å². The zero-order chi connectivity index (χ0) is 14.6. The molecule has 20 heavy (non-hydrogen) atoms. The van der Waals surface area contributed by atoms with Crippen molar-refractivity contribution in [1.82, 2.24) is 10.3 Å². The molecule has 1 aromatic carbocycles. The van der Waals surface area contributed by atoms with Crippen LogP contribution in [0.15, 0.2) is 35.2 Å². The number of nitrogens with zero attached hydrogens (tertiary/aromatic N) is 1. The lowest BCUT2D eigenvalue weighted by molar-refractivity contribution is 0.562. The molecule has 0 atom stereocenters. The molecule has 1 aromatic heterocycles. The molecule has 0 aliphatic heterocycles. The van der Waals surface area contributed by atoms with Crippen LogP contribution in [0.25, 0.3) is 0 Å². The lowest BCUT2D eigenvalue weighted by Gasteiger charge is -2.17. The van der Waals surface area contributed by atoms with Crippen molar-refractivity contribution in [3.63, 3.8) is 0 Å². The van der Waals surface area contributed by atoms with Gasteiger partial charge in [-0.15, -0.1) is 23.1 Å². The van der Waals surface area contributed by atoms with Crippen LogP contribution in [0, 0.1) is 0 Å². The highest BCUT2D eigenvalue weighted by Gasteiger charge is 2.22. The number of aromatic nitrogens is 1. The third-order valence-corrected chi connectivity index (χ3v) is 5.16. The summed E-state index contributed by atoms with van der Waals surface area (Å²) in [6, 6.07) is 10.5. The molecule has 1 N–H and O–H groups in total. The highest BCUT2D eigenvalue weighted by atomic mass is 32.2. The maximum absolute atomic E-state index is 4.87. The van der Waals surface area contributed by atoms with Gasteiger partial charge in [-0.05, 0) is 19.2 Å². The molecule has 108 valence electrons. The van der Waals surface area contributed by atoms with Crippen LogP contribution in [-0.2, 0) is 17.7 Å². The topological polar surface area (TPSA) is 24.9 Å². The van der Waals surface area contributed by atoms with E-state index in [0.29, 0.717) is 0 Å². The van der Waals surface area contributed by atoms with Crippen LogP contribution in [0.5, 0.6) is 0 Å². The summed E-state index contributed by atoms with van der Waals surface area (Å²) in [5.74, 6) is 0.946. The Morgan fingerprint density at radius 1 is 1.20 bits per heavy atom. The maximum Gasteiger partial charge on any atom is 0.103 e. The maximum atomic E-state index is 4.87. The van der Waals surface area contributed by atoms with Crippen LogP contribution in [0.3, 0.4) is 0 Å². The summed E-state index contributed by atoms with van der Waals surface area (Å²) in [6.07, 6.45) is 0. The van der Waals surface area contributed by atoms with Crippen molar-refractivity contribution in [2.45, 2.75) is 43.4 Å². The smallest absolute Gasteiger partial charge is 0.103 e. The standard InChI is InChI=1S/C16H22N2S2/c1-16(2,3)15-13(10-17-4)20-14(18-15)11-19-12-8-6-5-7-9-12/h5-9,17H,10-11H2,1-4H3. The fourth-order valence-corrected chi connectivity index (χ4v) is 4.19. The molecule has 2 aromatic rings. The van der Waals surface area contributed by atoms with Crippen LogP contribution in [0.1, 0.15) is 36.3 Å². The van der Waals surface area contributed by atoms with Gasteiger partial charge in [-0.1, -0.05) is 39.0 Å². The fourth-order valence-electron chi connectivity index (χ4n) is 1.99. The van der Waals surface area contributed by atoms with Crippen LogP contribution in [0.2, 0.25) is 0 Å². The predicted octanol–water partition coefficient (Wildman–Crippen LogP) is 4.45. The molecule has 2 nitrogen and oxygen atoms in total. The van der Waals surface area contributed by atoms with Crippen molar-refractivity contribution >= 4 is 23.1 Å². The van der Waals surface area contributed by atoms with Crippen molar-refractivity contribution in [2.75, 3.05) is 7.05 Å². The first-order valence-electron chi connectivity index (χ1n) is 6.82. The summed E-state index contributed by atoms with van der Waals surface area (Å²) < 4.78 is 0. The molecule has 0 bridgehead atoms. The monoisotopic (exact) mass is 306 g/mol. The summed E-state index contributed by atoms with van der Waals surface area (Å²) in [5.41, 5.74) is 1.35. The first-order valence-corrected chi connectivity index (χ1v) is 8.62. The molecule has 0 spiro atoms. The number of hydrogen-bond donors (Lipinski definition) is 1. The summed E-state index contributed by atoms with van der Waals surface area (Å²) in [4.78, 5) is 7.54. The van der Waals surface area contributed by atoms with Gasteiger partial charge in [-0.3, -0.25) is 0 Å². The SMILES string of the molecule is CNCc1sc(CSc2ccccc2)nc1C(C)(C)C. The fraction of sp³-hybridized carbons (Fsp3) is 0.438. The minimum Gasteiger partial charge on any atom is -0.315 e. The molecule has 0 fully saturated rings. The van der Waals surface area contributed by atoms with Gasteiger partial charge in [-0.2, -0.15) is 0 Å². The van der Waals surface area contributed by atoms with E-state index in [-0.39, 0.29) is 5.41 Å². The normalized spacial score (nSPS) is 11.8. The van der Waals surface area contributed by atoms with Crippen molar-refractivity contribution in [3.8, 4) is 0 Å². The number of benzene rings is 1. The van der Waals surface area contributed by atoms with Gasteiger partial charge in [0.05, 0.1) is 11.4 Å². The number of thiazole rings is 1. The van der Waals surface area contributed by atoms with Gasteiger partial charge in [0.15, 0.2) is 0 Å². The van der Waals surface area contributed by atoms with Crippen LogP contribution < -0.4 is 5.32 Å². The van der Waals surface area contributed by atoms with E-state index in [2.05, 4.69) is 56.4 Å². The summed E-state index contributed by atoms with van der Waals surface area (Å²) >= 11 is 3.69. The molecule has 0 aliphatic carbocycles. The van der Waals surface area contributed by atoms with Gasteiger partial charge in [-0.25, -0.2) is 4.98 Å². The molecule has 0 amide bonds. The number of rotatable bonds is 5. The molecule has 0 saturated heterocycles. The zero-order valence-corrected chi connectivity index (χ0v) is 14.2. The summed E-state index contributed by atoms with van der Waals surface area (Å²) in [5, 5.41) is 4.46. The molecular formula is C16H22N2S2. The lowest BCUT2D eigenvalue weighted by Crippen LogP contribution is -2.16. The van der Waals surface area contributed by atoms with Gasteiger partial charge in [0.2, 0.25) is 0 Å². The molecular weight excluding hydrogens is 284 g/mol. The largest absolute Gasteiger partial charge is 0.315 e. The van der Waals surface area contributed by atoms with Gasteiger partial charge < -0.3 is 5.32 Å². The zero-order valence-electron chi connectivity index (χ0n) is 12.6. The molecule has 1 heterocycles. The quantitative estimate of drug-likeness (QED) is 0.826. The Labute approximate surface area is 130 Å². The van der Waals surface area contributed by atoms with Gasteiger partial charge in [0, 0.05) is 21.7 Å². The Bertz CT molecular complexity index is 541. The van der Waals surface area contributed by atoms with E-state index in [0.717, 1.165) is 12.3 Å². The summed E-state index contributed by atoms with van der Waals surface area (Å²) in [6.45, 7) is 7.60. The average Bonchev–Trinajstić information content (AvgIpc) is 2.81. The van der Waals surface area contributed by atoms with Crippen molar-refractivity contribution < 1.29 is 0 Å². The molecule has 4 heteroatoms. The van der Waals surface area contributed by atoms with Gasteiger partial charge >= 0.3 is 0 Å². The number of thioether (sulfide) groups is 1. The van der Waals surface area contributed by atoms with E-state index < -0.39 is 0 Å². The van der Waals surface area contributed by atoms with E-state index in [1.165, 1.54) is 20.5 Å². The first kappa shape index (κ1) is 15.5. The van der Waals surface area contributed by atoms with E-state index in [1.807, 2.05) is 30.1 Å². The Kier molecular flexibility index (Phi) is 5.24. The second kappa shape index (κ2) is 6.74. The molecule has 0 saturated carbocycles. The van der Waals surface area contributed by atoms with Crippen molar-refractivity contribution in [1.29, 1.82) is 0 Å². The minimum atomic E-state index is 0.109. The lowest BCUT2D eigenvalue weighted by atomic mass is 9.91. The van der Waals surface area contributed by atoms with E-state index in [9.17, 15) is 0 Å². The van der Waals surface area contributed by atoms with Gasteiger partial charge in [0.25, 0.3) is 0 Å². The third kappa shape index (κ3) is 4.08. The Hall–Kier alpha value is -0.840. The highest BCUT2D eigenvalue weighted by molar-refractivity contribution is 7.98. The Morgan fingerprint density at radius 3 is 2.50 bits per heavy atom. The number of hydrogen-bond acceptors (Lipinski definition) is 4.